The summed E-state index contributed by atoms with van der Waals surface area (Å²) in [6.45, 7) is 6.26. The van der Waals surface area contributed by atoms with Crippen molar-refractivity contribution in [1.82, 2.24) is 14.7 Å². The third kappa shape index (κ3) is 4.76. The van der Waals surface area contributed by atoms with Crippen LogP contribution in [-0.2, 0) is 11.3 Å². The van der Waals surface area contributed by atoms with Gasteiger partial charge < -0.3 is 14.4 Å². The van der Waals surface area contributed by atoms with Crippen LogP contribution in [0.25, 0.3) is 33.3 Å². The lowest BCUT2D eigenvalue weighted by Gasteiger charge is -2.28. The van der Waals surface area contributed by atoms with Crippen LogP contribution in [0.15, 0.2) is 47.2 Å². The third-order valence-corrected chi connectivity index (χ3v) is 7.13. The summed E-state index contributed by atoms with van der Waals surface area (Å²) in [7, 11) is 0. The number of pyridine rings is 1. The van der Waals surface area contributed by atoms with Gasteiger partial charge in [-0.2, -0.15) is 0 Å². The maximum absolute atomic E-state index is 13.8. The van der Waals surface area contributed by atoms with Gasteiger partial charge in [0.1, 0.15) is 5.76 Å². The second-order valence-electron chi connectivity index (χ2n) is 9.76. The quantitative estimate of drug-likeness (QED) is 0.310. The molecule has 0 spiro atoms. The first-order chi connectivity index (χ1) is 17.2. The molecular formula is C28H30F2N4O2. The van der Waals surface area contributed by atoms with Crippen molar-refractivity contribution in [2.24, 2.45) is 5.92 Å². The summed E-state index contributed by atoms with van der Waals surface area (Å²) >= 11 is 0. The Morgan fingerprint density at radius 3 is 2.53 bits per heavy atom. The Morgan fingerprint density at radius 1 is 1.17 bits per heavy atom. The first kappa shape index (κ1) is 24.2. The largest absolute Gasteiger partial charge is 0.361 e. The first-order valence-electron chi connectivity index (χ1n) is 12.4. The van der Waals surface area contributed by atoms with Gasteiger partial charge in [0, 0.05) is 60.6 Å². The molecule has 0 bridgehead atoms. The maximum Gasteiger partial charge on any atom is 0.248 e. The lowest BCUT2D eigenvalue weighted by atomic mass is 9.87. The van der Waals surface area contributed by atoms with E-state index in [9.17, 15) is 13.6 Å². The predicted octanol–water partition coefficient (Wildman–Crippen LogP) is 7.15. The van der Waals surface area contributed by atoms with Crippen molar-refractivity contribution >= 4 is 22.6 Å². The number of carbonyl (C=O) groups excluding carboxylic acids is 1. The van der Waals surface area contributed by atoms with Gasteiger partial charge in [0.2, 0.25) is 11.8 Å². The zero-order valence-electron chi connectivity index (χ0n) is 20.8. The van der Waals surface area contributed by atoms with E-state index in [0.717, 1.165) is 50.4 Å². The van der Waals surface area contributed by atoms with Gasteiger partial charge >= 0.3 is 0 Å². The molecule has 1 N–H and O–H groups in total. The molecule has 5 rings (SSSR count). The number of aromatic nitrogens is 3. The van der Waals surface area contributed by atoms with Crippen LogP contribution in [0, 0.1) is 19.8 Å². The van der Waals surface area contributed by atoms with Crippen molar-refractivity contribution in [3.63, 3.8) is 0 Å². The topological polar surface area (TPSA) is 73.0 Å². The van der Waals surface area contributed by atoms with E-state index in [1.165, 1.54) is 0 Å². The molecule has 0 unspecified atom stereocenters. The molecule has 3 heterocycles. The predicted molar refractivity (Wildman–Crippen MR) is 136 cm³/mol. The molecule has 3 aromatic heterocycles. The summed E-state index contributed by atoms with van der Waals surface area (Å²) in [6.07, 6.45) is 5.21. The van der Waals surface area contributed by atoms with Crippen LogP contribution in [-0.4, -0.2) is 26.5 Å². The lowest BCUT2D eigenvalue weighted by Crippen LogP contribution is -2.26. The Morgan fingerprint density at radius 2 is 1.89 bits per heavy atom. The molecule has 4 aromatic rings. The zero-order valence-corrected chi connectivity index (χ0v) is 20.8. The van der Waals surface area contributed by atoms with E-state index in [2.05, 4.69) is 27.3 Å². The van der Waals surface area contributed by atoms with Gasteiger partial charge in [0.25, 0.3) is 0 Å². The van der Waals surface area contributed by atoms with E-state index >= 15 is 0 Å². The molecule has 6 nitrogen and oxygen atoms in total. The van der Waals surface area contributed by atoms with Crippen molar-refractivity contribution in [1.29, 1.82) is 0 Å². The van der Waals surface area contributed by atoms with Crippen LogP contribution in [0.3, 0.4) is 0 Å². The Hall–Kier alpha value is -3.55. The Bertz CT molecular complexity index is 1380. The summed E-state index contributed by atoms with van der Waals surface area (Å²) in [6, 6.07) is 9.79. The summed E-state index contributed by atoms with van der Waals surface area (Å²) in [5.41, 5.74) is 7.10. The molecule has 1 aromatic carbocycles. The molecule has 0 saturated heterocycles. The molecule has 1 aliphatic rings. The van der Waals surface area contributed by atoms with Gasteiger partial charge in [-0.3, -0.25) is 9.78 Å². The number of amides is 1. The number of nitrogens with zero attached hydrogens (tertiary/aromatic N) is 3. The van der Waals surface area contributed by atoms with Gasteiger partial charge in [-0.15, -0.1) is 0 Å². The van der Waals surface area contributed by atoms with Crippen molar-refractivity contribution < 1.29 is 18.1 Å². The van der Waals surface area contributed by atoms with Gasteiger partial charge in [-0.25, -0.2) is 8.78 Å². The number of hydrogen-bond acceptors (Lipinski definition) is 4. The highest BCUT2D eigenvalue weighted by Gasteiger charge is 2.35. The van der Waals surface area contributed by atoms with Crippen molar-refractivity contribution in [3.05, 3.63) is 54.2 Å². The highest BCUT2D eigenvalue weighted by molar-refractivity contribution is 5.96. The number of fused-ring (bicyclic) bond motifs is 1. The molecule has 1 fully saturated rings. The van der Waals surface area contributed by atoms with Crippen LogP contribution >= 0.6 is 0 Å². The summed E-state index contributed by atoms with van der Waals surface area (Å²) in [4.78, 5) is 16.6. The minimum absolute atomic E-state index is 0.0362. The summed E-state index contributed by atoms with van der Waals surface area (Å²) in [5.74, 6) is -1.67. The highest BCUT2D eigenvalue weighted by atomic mass is 19.3. The van der Waals surface area contributed by atoms with Crippen LogP contribution in [0.5, 0.6) is 0 Å². The Kier molecular flexibility index (Phi) is 6.36. The van der Waals surface area contributed by atoms with Gasteiger partial charge in [-0.05, 0) is 56.4 Å². The number of anilines is 1. The number of hydrogen-bond donors (Lipinski definition) is 1. The molecular weight excluding hydrogens is 462 g/mol. The molecule has 188 valence electrons. The zero-order chi connectivity index (χ0) is 25.4. The average Bonchev–Trinajstić information content (AvgIpc) is 3.39. The minimum Gasteiger partial charge on any atom is -0.361 e. The van der Waals surface area contributed by atoms with Crippen molar-refractivity contribution in [3.8, 4) is 22.3 Å². The number of benzene rings is 1. The van der Waals surface area contributed by atoms with E-state index < -0.39 is 5.92 Å². The second kappa shape index (κ2) is 9.48. The standard InChI is InChI=1S/C28H30F2N4O2/c1-4-25(35)32-22-7-5-20(6-8-22)23-16-34(15-19-9-11-28(29,30)12-10-19)24-13-21(14-31-27(23)24)26-17(2)33-36-18(26)3/h5-8,13-14,16,19H,4,9-12,15H2,1-3H3,(H,32,35). The molecule has 0 atom stereocenters. The van der Waals surface area contributed by atoms with Crippen molar-refractivity contribution in [2.75, 3.05) is 5.32 Å². The van der Waals surface area contributed by atoms with Gasteiger partial charge in [-0.1, -0.05) is 24.2 Å². The fraction of sp³-hybridized carbons (Fsp3) is 0.393. The molecule has 0 aliphatic heterocycles. The van der Waals surface area contributed by atoms with E-state index in [1.807, 2.05) is 51.2 Å². The lowest BCUT2D eigenvalue weighted by molar-refractivity contribution is -0.115. The molecule has 0 radical (unpaired) electrons. The minimum atomic E-state index is -2.55. The molecule has 1 saturated carbocycles. The fourth-order valence-electron chi connectivity index (χ4n) is 5.10. The summed E-state index contributed by atoms with van der Waals surface area (Å²) < 4.78 is 35.0. The number of alkyl halides is 2. The Labute approximate surface area is 208 Å². The highest BCUT2D eigenvalue weighted by Crippen LogP contribution is 2.39. The number of rotatable bonds is 6. The Balaban J connectivity index is 1.54. The molecule has 8 heteroatoms. The van der Waals surface area contributed by atoms with E-state index in [0.29, 0.717) is 25.8 Å². The smallest absolute Gasteiger partial charge is 0.248 e. The fourth-order valence-corrected chi connectivity index (χ4v) is 5.10. The monoisotopic (exact) mass is 492 g/mol. The number of aryl methyl sites for hydroxylation is 2. The van der Waals surface area contributed by atoms with Gasteiger partial charge in [0.15, 0.2) is 0 Å². The third-order valence-electron chi connectivity index (χ3n) is 7.13. The molecule has 1 amide bonds. The van der Waals surface area contributed by atoms with Crippen molar-refractivity contribution in [2.45, 2.75) is 65.3 Å². The first-order valence-corrected chi connectivity index (χ1v) is 12.4. The summed E-state index contributed by atoms with van der Waals surface area (Å²) in [5, 5.41) is 6.95. The van der Waals surface area contributed by atoms with Crippen LogP contribution in [0.2, 0.25) is 0 Å². The molecule has 1 aliphatic carbocycles. The SMILES string of the molecule is CCC(=O)Nc1ccc(-c2cn(CC3CCC(F)(F)CC3)c3cc(-c4c(C)noc4C)cnc23)cc1. The normalized spacial score (nSPS) is 15.9. The number of carbonyl (C=O) groups is 1. The molecule has 36 heavy (non-hydrogen) atoms. The van der Waals surface area contributed by atoms with Gasteiger partial charge in [0.05, 0.1) is 16.7 Å². The average molecular weight is 493 g/mol. The van der Waals surface area contributed by atoms with E-state index in [1.54, 1.807) is 0 Å². The second-order valence-corrected chi connectivity index (χ2v) is 9.76. The van der Waals surface area contributed by atoms with Crippen LogP contribution < -0.4 is 5.32 Å². The number of nitrogens with one attached hydrogen (secondary N) is 1. The van der Waals surface area contributed by atoms with Crippen LogP contribution in [0.4, 0.5) is 14.5 Å². The van der Waals surface area contributed by atoms with E-state index in [-0.39, 0.29) is 24.7 Å². The van der Waals surface area contributed by atoms with Crippen LogP contribution in [0.1, 0.15) is 50.5 Å². The maximum atomic E-state index is 13.8. The van der Waals surface area contributed by atoms with E-state index in [4.69, 9.17) is 9.51 Å². The number of halogens is 2.